The Bertz CT molecular complexity index is 412. The summed E-state index contributed by atoms with van der Waals surface area (Å²) in [5, 5.41) is 0. The molecule has 0 fully saturated rings. The lowest BCUT2D eigenvalue weighted by Gasteiger charge is -2.34. The smallest absolute Gasteiger partial charge is 0.246 e. The first-order chi connectivity index (χ1) is 8.76. The van der Waals surface area contributed by atoms with E-state index in [0.717, 1.165) is 12.0 Å². The summed E-state index contributed by atoms with van der Waals surface area (Å²) in [4.78, 5) is 14.4. The minimum absolute atomic E-state index is 0.0353. The van der Waals surface area contributed by atoms with E-state index in [9.17, 15) is 4.79 Å². The lowest BCUT2D eigenvalue weighted by molar-refractivity contribution is -0.137. The summed E-state index contributed by atoms with van der Waals surface area (Å²) in [5.74, 6) is 0.526. The summed E-state index contributed by atoms with van der Waals surface area (Å²) >= 11 is 0. The molecule has 1 rings (SSSR count). The molecule has 2 atom stereocenters. The monoisotopic (exact) mass is 262 g/mol. The van der Waals surface area contributed by atoms with E-state index in [-0.39, 0.29) is 11.9 Å². The third kappa shape index (κ3) is 3.80. The van der Waals surface area contributed by atoms with Gasteiger partial charge in [0.2, 0.25) is 5.91 Å². The van der Waals surface area contributed by atoms with Gasteiger partial charge >= 0.3 is 0 Å². The van der Waals surface area contributed by atoms with E-state index in [2.05, 4.69) is 20.8 Å². The summed E-state index contributed by atoms with van der Waals surface area (Å²) in [5.41, 5.74) is 6.14. The van der Waals surface area contributed by atoms with Crippen LogP contribution in [-0.2, 0) is 10.3 Å². The van der Waals surface area contributed by atoms with Gasteiger partial charge < -0.3 is 10.6 Å². The molecule has 0 aliphatic rings. The van der Waals surface area contributed by atoms with Gasteiger partial charge in [-0.25, -0.2) is 0 Å². The highest BCUT2D eigenvalue weighted by molar-refractivity contribution is 5.87. The molecule has 2 N–H and O–H groups in total. The third-order valence-electron chi connectivity index (χ3n) is 3.61. The van der Waals surface area contributed by atoms with Crippen molar-refractivity contribution in [3.05, 3.63) is 35.9 Å². The molecule has 3 heteroatoms. The largest absolute Gasteiger partial charge is 0.341 e. The second-order valence-electron chi connectivity index (χ2n) is 5.96. The van der Waals surface area contributed by atoms with Crippen LogP contribution in [0.5, 0.6) is 0 Å². The number of likely N-dealkylation sites (N-methyl/N-ethyl adjacent to an activating group) is 1. The number of hydrogen-bond donors (Lipinski definition) is 1. The van der Waals surface area contributed by atoms with Crippen LogP contribution >= 0.6 is 0 Å². The molecule has 2 unspecified atom stereocenters. The zero-order valence-electron chi connectivity index (χ0n) is 12.7. The predicted molar refractivity (Wildman–Crippen MR) is 79.7 cm³/mol. The Kier molecular flexibility index (Phi) is 5.12. The summed E-state index contributed by atoms with van der Waals surface area (Å²) in [7, 11) is 1.84. The van der Waals surface area contributed by atoms with E-state index in [1.54, 1.807) is 11.8 Å². The van der Waals surface area contributed by atoms with E-state index in [0.29, 0.717) is 5.92 Å². The van der Waals surface area contributed by atoms with Crippen molar-refractivity contribution in [2.24, 2.45) is 11.7 Å². The van der Waals surface area contributed by atoms with E-state index in [1.165, 1.54) is 0 Å². The molecule has 0 spiro atoms. The Morgan fingerprint density at radius 2 is 1.79 bits per heavy atom. The number of amides is 1. The Balaban J connectivity index is 2.87. The average Bonchev–Trinajstić information content (AvgIpc) is 2.37. The maximum Gasteiger partial charge on any atom is 0.246 e. The molecule has 1 aromatic rings. The van der Waals surface area contributed by atoms with Crippen LogP contribution in [0.4, 0.5) is 0 Å². The molecule has 0 radical (unpaired) electrons. The van der Waals surface area contributed by atoms with Crippen LogP contribution in [0.3, 0.4) is 0 Å². The lowest BCUT2D eigenvalue weighted by Crippen LogP contribution is -2.52. The van der Waals surface area contributed by atoms with Gasteiger partial charge in [0.1, 0.15) is 5.54 Å². The van der Waals surface area contributed by atoms with Crippen molar-refractivity contribution in [1.82, 2.24) is 4.90 Å². The molecular weight excluding hydrogens is 236 g/mol. The van der Waals surface area contributed by atoms with Gasteiger partial charge in [-0.3, -0.25) is 4.79 Å². The van der Waals surface area contributed by atoms with E-state index in [1.807, 2.05) is 37.4 Å². The van der Waals surface area contributed by atoms with Crippen molar-refractivity contribution >= 4 is 5.91 Å². The molecule has 1 amide bonds. The summed E-state index contributed by atoms with van der Waals surface area (Å²) in [6, 6.07) is 9.74. The Labute approximate surface area is 116 Å². The Hall–Kier alpha value is -1.35. The Morgan fingerprint density at radius 1 is 1.26 bits per heavy atom. The van der Waals surface area contributed by atoms with Gasteiger partial charge in [0.15, 0.2) is 0 Å². The number of rotatable bonds is 5. The lowest BCUT2D eigenvalue weighted by atomic mass is 9.91. The molecule has 1 aromatic carbocycles. The fourth-order valence-corrected chi connectivity index (χ4v) is 2.31. The maximum atomic E-state index is 12.6. The Morgan fingerprint density at radius 3 is 2.26 bits per heavy atom. The second kappa shape index (κ2) is 6.20. The number of hydrogen-bond acceptors (Lipinski definition) is 2. The summed E-state index contributed by atoms with van der Waals surface area (Å²) in [6.45, 7) is 8.17. The topological polar surface area (TPSA) is 46.3 Å². The van der Waals surface area contributed by atoms with E-state index >= 15 is 0 Å². The van der Waals surface area contributed by atoms with Gasteiger partial charge in [-0.1, -0.05) is 44.2 Å². The van der Waals surface area contributed by atoms with Crippen molar-refractivity contribution in [3.63, 3.8) is 0 Å². The molecule has 3 nitrogen and oxygen atoms in total. The van der Waals surface area contributed by atoms with Crippen molar-refractivity contribution in [2.45, 2.75) is 45.7 Å². The number of benzene rings is 1. The van der Waals surface area contributed by atoms with Crippen molar-refractivity contribution in [3.8, 4) is 0 Å². The average molecular weight is 262 g/mol. The van der Waals surface area contributed by atoms with Gasteiger partial charge in [0.25, 0.3) is 0 Å². The molecular formula is C16H26N2O. The minimum atomic E-state index is -0.971. The highest BCUT2D eigenvalue weighted by atomic mass is 16.2. The van der Waals surface area contributed by atoms with Crippen LogP contribution in [0.25, 0.3) is 0 Å². The van der Waals surface area contributed by atoms with E-state index < -0.39 is 5.54 Å². The van der Waals surface area contributed by atoms with Gasteiger partial charge in [0, 0.05) is 13.1 Å². The molecule has 0 saturated heterocycles. The van der Waals surface area contributed by atoms with Crippen LogP contribution < -0.4 is 5.73 Å². The van der Waals surface area contributed by atoms with Gasteiger partial charge in [0.05, 0.1) is 0 Å². The SMILES string of the molecule is CC(C)CC(C)N(C)C(=O)C(C)(N)c1ccccc1. The number of carbonyl (C=O) groups is 1. The first-order valence-electron chi connectivity index (χ1n) is 6.88. The fourth-order valence-electron chi connectivity index (χ4n) is 2.31. The van der Waals surface area contributed by atoms with Crippen molar-refractivity contribution < 1.29 is 4.79 Å². The van der Waals surface area contributed by atoms with Gasteiger partial charge in [-0.2, -0.15) is 0 Å². The number of nitrogens with zero attached hydrogens (tertiary/aromatic N) is 1. The van der Waals surface area contributed by atoms with Crippen LogP contribution in [0, 0.1) is 5.92 Å². The quantitative estimate of drug-likeness (QED) is 0.887. The van der Waals surface area contributed by atoms with Crippen LogP contribution in [0.15, 0.2) is 30.3 Å². The predicted octanol–water partition coefficient (Wildman–Crippen LogP) is 2.75. The first-order valence-corrected chi connectivity index (χ1v) is 6.88. The zero-order valence-corrected chi connectivity index (χ0v) is 12.7. The molecule has 0 aliphatic heterocycles. The molecule has 0 saturated carbocycles. The van der Waals surface area contributed by atoms with Crippen LogP contribution in [-0.4, -0.2) is 23.9 Å². The minimum Gasteiger partial charge on any atom is -0.341 e. The summed E-state index contributed by atoms with van der Waals surface area (Å²) < 4.78 is 0. The molecule has 0 aromatic heterocycles. The van der Waals surface area contributed by atoms with Crippen LogP contribution in [0.1, 0.15) is 39.7 Å². The number of carbonyl (C=O) groups excluding carboxylic acids is 1. The first kappa shape index (κ1) is 15.7. The zero-order chi connectivity index (χ0) is 14.6. The normalized spacial score (nSPS) is 15.9. The molecule has 0 heterocycles. The second-order valence-corrected chi connectivity index (χ2v) is 5.96. The number of nitrogens with two attached hydrogens (primary N) is 1. The molecule has 19 heavy (non-hydrogen) atoms. The molecule has 0 bridgehead atoms. The van der Waals surface area contributed by atoms with Gasteiger partial charge in [-0.05, 0) is 31.7 Å². The molecule has 0 aliphatic carbocycles. The van der Waals surface area contributed by atoms with Crippen LogP contribution in [0.2, 0.25) is 0 Å². The van der Waals surface area contributed by atoms with Crippen molar-refractivity contribution in [2.75, 3.05) is 7.05 Å². The third-order valence-corrected chi connectivity index (χ3v) is 3.61. The summed E-state index contributed by atoms with van der Waals surface area (Å²) in [6.07, 6.45) is 0.979. The van der Waals surface area contributed by atoms with Crippen molar-refractivity contribution in [1.29, 1.82) is 0 Å². The highest BCUT2D eigenvalue weighted by Gasteiger charge is 2.34. The highest BCUT2D eigenvalue weighted by Crippen LogP contribution is 2.22. The fraction of sp³-hybridized carbons (Fsp3) is 0.562. The molecule has 106 valence electrons. The maximum absolute atomic E-state index is 12.6. The van der Waals surface area contributed by atoms with E-state index in [4.69, 9.17) is 5.73 Å². The standard InChI is InChI=1S/C16H26N2O/c1-12(2)11-13(3)18(5)15(19)16(4,17)14-9-7-6-8-10-14/h6-10,12-13H,11,17H2,1-5H3. The van der Waals surface area contributed by atoms with Gasteiger partial charge in [-0.15, -0.1) is 0 Å².